The van der Waals surface area contributed by atoms with Crippen LogP contribution in [0.15, 0.2) is 48.7 Å². The Morgan fingerprint density at radius 2 is 2.05 bits per heavy atom. The first kappa shape index (κ1) is 15.6. The Kier molecular flexibility index (Phi) is 5.54. The number of nitrogen functional groups attached to an aromatic ring is 1. The van der Waals surface area contributed by atoms with Crippen LogP contribution < -0.4 is 16.4 Å². The predicted molar refractivity (Wildman–Crippen MR) is 90.4 cm³/mol. The number of nitrogens with one attached hydrogen (secondary N) is 2. The topological polar surface area (TPSA) is 80.0 Å². The van der Waals surface area contributed by atoms with Crippen molar-refractivity contribution in [2.75, 3.05) is 24.1 Å². The predicted octanol–water partition coefficient (Wildman–Crippen LogP) is 2.21. The van der Waals surface area contributed by atoms with E-state index in [1.165, 1.54) is 6.08 Å². The molecule has 4 N–H and O–H groups in total. The lowest BCUT2D eigenvalue weighted by atomic mass is 10.2. The van der Waals surface area contributed by atoms with E-state index in [4.69, 9.17) is 5.73 Å². The van der Waals surface area contributed by atoms with Gasteiger partial charge in [0.05, 0.1) is 11.9 Å². The van der Waals surface area contributed by atoms with Crippen molar-refractivity contribution in [3.05, 3.63) is 59.8 Å². The molecule has 0 atom stereocenters. The van der Waals surface area contributed by atoms with E-state index in [0.29, 0.717) is 18.8 Å². The Balaban J connectivity index is 1.72. The molecule has 2 aromatic rings. The van der Waals surface area contributed by atoms with Crippen molar-refractivity contribution in [2.45, 2.75) is 6.92 Å². The fourth-order valence-corrected chi connectivity index (χ4v) is 1.94. The molecule has 0 radical (unpaired) electrons. The molecule has 0 aliphatic rings. The third-order valence-corrected chi connectivity index (χ3v) is 3.04. The van der Waals surface area contributed by atoms with Gasteiger partial charge in [0.15, 0.2) is 0 Å². The van der Waals surface area contributed by atoms with Gasteiger partial charge in [-0.15, -0.1) is 0 Å². The van der Waals surface area contributed by atoms with Gasteiger partial charge < -0.3 is 16.4 Å². The number of hydrogen-bond acceptors (Lipinski definition) is 4. The van der Waals surface area contributed by atoms with Crippen molar-refractivity contribution in [1.29, 1.82) is 0 Å². The molecule has 1 amide bonds. The second-order valence-electron chi connectivity index (χ2n) is 4.90. The van der Waals surface area contributed by atoms with Gasteiger partial charge in [-0.25, -0.2) is 4.98 Å². The van der Waals surface area contributed by atoms with Crippen LogP contribution in [0, 0.1) is 6.92 Å². The number of pyridine rings is 1. The molecule has 114 valence electrons. The molecule has 0 saturated carbocycles. The maximum atomic E-state index is 11.7. The number of aryl methyl sites for hydroxylation is 1. The van der Waals surface area contributed by atoms with Gasteiger partial charge in [-0.05, 0) is 30.2 Å². The Morgan fingerprint density at radius 3 is 2.77 bits per heavy atom. The van der Waals surface area contributed by atoms with Gasteiger partial charge in [0.25, 0.3) is 0 Å². The molecule has 1 aromatic carbocycles. The van der Waals surface area contributed by atoms with Gasteiger partial charge in [-0.3, -0.25) is 4.79 Å². The molecule has 2 rings (SSSR count). The summed E-state index contributed by atoms with van der Waals surface area (Å²) in [6.45, 7) is 3.05. The normalized spacial score (nSPS) is 10.6. The number of carbonyl (C=O) groups excluding carboxylic acids is 1. The van der Waals surface area contributed by atoms with Crippen LogP contribution in [0.25, 0.3) is 6.08 Å². The fourth-order valence-electron chi connectivity index (χ4n) is 1.94. The molecular weight excluding hydrogens is 276 g/mol. The number of amides is 1. The highest BCUT2D eigenvalue weighted by atomic mass is 16.1. The molecule has 0 spiro atoms. The van der Waals surface area contributed by atoms with E-state index in [1.54, 1.807) is 12.3 Å². The Morgan fingerprint density at radius 1 is 1.27 bits per heavy atom. The van der Waals surface area contributed by atoms with Crippen LogP contribution in [0.4, 0.5) is 11.5 Å². The monoisotopic (exact) mass is 296 g/mol. The molecular formula is C17H20N4O. The zero-order valence-corrected chi connectivity index (χ0v) is 12.5. The maximum Gasteiger partial charge on any atom is 0.244 e. The SMILES string of the molecule is Cc1cc(N)cnc1NCCNC(=O)/C=C/c1ccccc1. The number of nitrogens with two attached hydrogens (primary N) is 1. The van der Waals surface area contributed by atoms with Crippen LogP contribution in [0.5, 0.6) is 0 Å². The van der Waals surface area contributed by atoms with Gasteiger partial charge in [0.1, 0.15) is 5.82 Å². The lowest BCUT2D eigenvalue weighted by Gasteiger charge is -2.09. The molecule has 5 nitrogen and oxygen atoms in total. The van der Waals surface area contributed by atoms with Crippen molar-refractivity contribution in [3.63, 3.8) is 0 Å². The van der Waals surface area contributed by atoms with Crippen molar-refractivity contribution in [1.82, 2.24) is 10.3 Å². The highest BCUT2D eigenvalue weighted by Crippen LogP contribution is 2.13. The van der Waals surface area contributed by atoms with Gasteiger partial charge in [-0.1, -0.05) is 30.3 Å². The van der Waals surface area contributed by atoms with Crippen molar-refractivity contribution in [3.8, 4) is 0 Å². The third-order valence-electron chi connectivity index (χ3n) is 3.04. The smallest absolute Gasteiger partial charge is 0.244 e. The minimum Gasteiger partial charge on any atom is -0.397 e. The summed E-state index contributed by atoms with van der Waals surface area (Å²) >= 11 is 0. The second-order valence-corrected chi connectivity index (χ2v) is 4.90. The van der Waals surface area contributed by atoms with Gasteiger partial charge in [0.2, 0.25) is 5.91 Å². The van der Waals surface area contributed by atoms with E-state index in [9.17, 15) is 4.79 Å². The van der Waals surface area contributed by atoms with Crippen LogP contribution in [0.1, 0.15) is 11.1 Å². The zero-order valence-electron chi connectivity index (χ0n) is 12.5. The van der Waals surface area contributed by atoms with Crippen LogP contribution >= 0.6 is 0 Å². The highest BCUT2D eigenvalue weighted by molar-refractivity contribution is 5.91. The van der Waals surface area contributed by atoms with Crippen molar-refractivity contribution in [2.24, 2.45) is 0 Å². The maximum absolute atomic E-state index is 11.7. The summed E-state index contributed by atoms with van der Waals surface area (Å²) in [6, 6.07) is 11.6. The first-order valence-corrected chi connectivity index (χ1v) is 7.12. The van der Waals surface area contributed by atoms with E-state index < -0.39 is 0 Å². The van der Waals surface area contributed by atoms with Gasteiger partial charge in [0, 0.05) is 19.2 Å². The summed E-state index contributed by atoms with van der Waals surface area (Å²) < 4.78 is 0. The minimum atomic E-state index is -0.118. The molecule has 1 heterocycles. The molecule has 22 heavy (non-hydrogen) atoms. The Hall–Kier alpha value is -2.82. The number of benzene rings is 1. The summed E-state index contributed by atoms with van der Waals surface area (Å²) in [4.78, 5) is 15.9. The van der Waals surface area contributed by atoms with Gasteiger partial charge >= 0.3 is 0 Å². The average molecular weight is 296 g/mol. The standard InChI is InChI=1S/C17H20N4O/c1-13-11-15(18)12-21-17(13)20-10-9-19-16(22)8-7-14-5-3-2-4-6-14/h2-8,11-12H,9-10,18H2,1H3,(H,19,22)(H,20,21)/b8-7+. The van der Waals surface area contributed by atoms with Crippen LogP contribution in [-0.2, 0) is 4.79 Å². The number of rotatable bonds is 6. The molecule has 0 fully saturated rings. The average Bonchev–Trinajstić information content (AvgIpc) is 2.52. The van der Waals surface area contributed by atoms with Crippen LogP contribution in [-0.4, -0.2) is 24.0 Å². The Labute approximate surface area is 130 Å². The first-order chi connectivity index (χ1) is 10.6. The molecule has 0 saturated heterocycles. The van der Waals surface area contributed by atoms with E-state index in [2.05, 4.69) is 15.6 Å². The summed E-state index contributed by atoms with van der Waals surface area (Å²) in [6.07, 6.45) is 4.92. The van der Waals surface area contributed by atoms with Crippen LogP contribution in [0.3, 0.4) is 0 Å². The van der Waals surface area contributed by atoms with E-state index >= 15 is 0 Å². The third kappa shape index (κ3) is 4.94. The lowest BCUT2D eigenvalue weighted by molar-refractivity contribution is -0.116. The van der Waals surface area contributed by atoms with E-state index in [1.807, 2.05) is 43.3 Å². The summed E-state index contributed by atoms with van der Waals surface area (Å²) in [5.41, 5.74) is 8.27. The number of anilines is 2. The van der Waals surface area contributed by atoms with Crippen LogP contribution in [0.2, 0.25) is 0 Å². The lowest BCUT2D eigenvalue weighted by Crippen LogP contribution is -2.27. The number of hydrogen-bond donors (Lipinski definition) is 3. The van der Waals surface area contributed by atoms with E-state index in [-0.39, 0.29) is 5.91 Å². The fraction of sp³-hybridized carbons (Fsp3) is 0.176. The molecule has 0 aliphatic heterocycles. The second kappa shape index (κ2) is 7.83. The highest BCUT2D eigenvalue weighted by Gasteiger charge is 2.00. The Bertz CT molecular complexity index is 653. The molecule has 1 aromatic heterocycles. The molecule has 0 aliphatic carbocycles. The summed E-state index contributed by atoms with van der Waals surface area (Å²) in [5, 5.41) is 5.98. The number of aromatic nitrogens is 1. The number of nitrogens with zero attached hydrogens (tertiary/aromatic N) is 1. The first-order valence-electron chi connectivity index (χ1n) is 7.12. The minimum absolute atomic E-state index is 0.118. The number of carbonyl (C=O) groups is 1. The van der Waals surface area contributed by atoms with Crippen molar-refractivity contribution < 1.29 is 4.79 Å². The molecule has 0 unspecified atom stereocenters. The molecule has 5 heteroatoms. The van der Waals surface area contributed by atoms with Gasteiger partial charge in [-0.2, -0.15) is 0 Å². The summed E-state index contributed by atoms with van der Waals surface area (Å²) in [5.74, 6) is 0.663. The zero-order chi connectivity index (χ0) is 15.8. The quantitative estimate of drug-likeness (QED) is 0.564. The van der Waals surface area contributed by atoms with Crippen molar-refractivity contribution >= 4 is 23.5 Å². The largest absolute Gasteiger partial charge is 0.397 e. The molecule has 0 bridgehead atoms. The summed E-state index contributed by atoms with van der Waals surface area (Å²) in [7, 11) is 0. The van der Waals surface area contributed by atoms with E-state index in [0.717, 1.165) is 16.9 Å².